The second-order valence-electron chi connectivity index (χ2n) is 18.8. The summed E-state index contributed by atoms with van der Waals surface area (Å²) in [7, 11) is 3.21. The zero-order valence-corrected chi connectivity index (χ0v) is 37.9. The number of rotatable bonds is 7. The lowest BCUT2D eigenvalue weighted by atomic mass is 9.71. The molecule has 62 heavy (non-hydrogen) atoms. The first-order valence-corrected chi connectivity index (χ1v) is 22.4. The average Bonchev–Trinajstić information content (AvgIpc) is 3.56. The van der Waals surface area contributed by atoms with E-state index in [1.807, 2.05) is 32.1 Å². The number of hydrogen-bond acceptors (Lipinski definition) is 15. The highest BCUT2D eigenvalue weighted by molar-refractivity contribution is 6.06. The number of methoxy groups -OCH3 is 2. The van der Waals surface area contributed by atoms with Crippen LogP contribution in [0.25, 0.3) is 0 Å². The summed E-state index contributed by atoms with van der Waals surface area (Å²) in [5, 5.41) is 36.6. The van der Waals surface area contributed by atoms with Gasteiger partial charge in [0.15, 0.2) is 18.4 Å². The Kier molecular flexibility index (Phi) is 14.7. The first-order chi connectivity index (χ1) is 29.5. The SMILES string of the molecule is COC1CC(OC2C(C)OC(OC3/C(C)=C/CC4CC(CC5(C=CC(C)C(C(C)C)O5)O4)OC(=O)C4C=C(C)/C(=N\O)C5OC/C(=C\C=C\C3C)C45O)CC2OC)OC(C)C1O. The molecule has 7 aliphatic rings. The summed E-state index contributed by atoms with van der Waals surface area (Å²) in [5.74, 6) is -2.71. The van der Waals surface area contributed by atoms with E-state index in [0.717, 1.165) is 5.57 Å². The highest BCUT2D eigenvalue weighted by atomic mass is 16.7. The Morgan fingerprint density at radius 1 is 0.903 bits per heavy atom. The maximum Gasteiger partial charge on any atom is 0.316 e. The molecule has 15 nitrogen and oxygen atoms in total. The number of carbonyl (C=O) groups is 1. The predicted molar refractivity (Wildman–Crippen MR) is 226 cm³/mol. The van der Waals surface area contributed by atoms with Crippen LogP contribution in [0.3, 0.4) is 0 Å². The number of oxime groups is 1. The van der Waals surface area contributed by atoms with E-state index in [-0.39, 0.29) is 42.6 Å². The van der Waals surface area contributed by atoms with Gasteiger partial charge in [0.1, 0.15) is 41.6 Å². The summed E-state index contributed by atoms with van der Waals surface area (Å²) in [4.78, 5) is 14.4. The van der Waals surface area contributed by atoms with E-state index in [9.17, 15) is 20.2 Å². The highest BCUT2D eigenvalue weighted by Gasteiger charge is 2.60. The number of aliphatic hydroxyl groups excluding tert-OH is 1. The fourth-order valence-electron chi connectivity index (χ4n) is 10.4. The van der Waals surface area contributed by atoms with Crippen molar-refractivity contribution in [2.45, 2.75) is 179 Å². The van der Waals surface area contributed by atoms with E-state index < -0.39 is 96.9 Å². The van der Waals surface area contributed by atoms with Crippen LogP contribution in [0.2, 0.25) is 0 Å². The number of allylic oxidation sites excluding steroid dienone is 2. The van der Waals surface area contributed by atoms with E-state index in [1.54, 1.807) is 40.2 Å². The van der Waals surface area contributed by atoms with Gasteiger partial charge in [-0.15, -0.1) is 0 Å². The van der Waals surface area contributed by atoms with Crippen molar-refractivity contribution in [2.24, 2.45) is 28.8 Å². The van der Waals surface area contributed by atoms with Gasteiger partial charge in [-0.25, -0.2) is 0 Å². The third kappa shape index (κ3) is 9.46. The van der Waals surface area contributed by atoms with Crippen LogP contribution in [-0.2, 0) is 52.2 Å². The highest BCUT2D eigenvalue weighted by Crippen LogP contribution is 2.46. The topological polar surface area (TPSA) is 182 Å². The van der Waals surface area contributed by atoms with Crippen LogP contribution in [0.1, 0.15) is 87.5 Å². The maximum absolute atomic E-state index is 14.4. The van der Waals surface area contributed by atoms with Gasteiger partial charge in [0.25, 0.3) is 0 Å². The minimum atomic E-state index is -1.87. The molecule has 15 heteroatoms. The molecule has 1 aliphatic carbocycles. The molecule has 6 aliphatic heterocycles. The van der Waals surface area contributed by atoms with E-state index in [1.165, 1.54) is 0 Å². The zero-order chi connectivity index (χ0) is 44.7. The first kappa shape index (κ1) is 47.2. The monoisotopic (exact) mass is 871 g/mol. The van der Waals surface area contributed by atoms with E-state index >= 15 is 0 Å². The summed E-state index contributed by atoms with van der Waals surface area (Å²) in [6, 6.07) is 0. The van der Waals surface area contributed by atoms with E-state index in [4.69, 9.17) is 47.4 Å². The molecular formula is C47H69NO14. The van der Waals surface area contributed by atoms with E-state index in [0.29, 0.717) is 36.8 Å². The zero-order valence-electron chi connectivity index (χ0n) is 37.9. The summed E-state index contributed by atoms with van der Waals surface area (Å²) >= 11 is 0. The van der Waals surface area contributed by atoms with Gasteiger partial charge in [-0.05, 0) is 62.8 Å². The molecule has 2 bridgehead atoms. The molecule has 4 fully saturated rings. The van der Waals surface area contributed by atoms with Crippen molar-refractivity contribution in [2.75, 3.05) is 20.8 Å². The molecule has 1 spiro atoms. The predicted octanol–water partition coefficient (Wildman–Crippen LogP) is 5.46. The third-order valence-corrected chi connectivity index (χ3v) is 13.9. The Labute approximate surface area is 366 Å². The van der Waals surface area contributed by atoms with Crippen molar-refractivity contribution in [1.82, 2.24) is 0 Å². The van der Waals surface area contributed by atoms with Crippen molar-refractivity contribution in [3.63, 3.8) is 0 Å². The van der Waals surface area contributed by atoms with Gasteiger partial charge in [-0.3, -0.25) is 4.79 Å². The van der Waals surface area contributed by atoms with Gasteiger partial charge in [-0.2, -0.15) is 0 Å². The fourth-order valence-corrected chi connectivity index (χ4v) is 10.4. The quantitative estimate of drug-likeness (QED) is 0.127. The van der Waals surface area contributed by atoms with Crippen LogP contribution < -0.4 is 0 Å². The number of carbonyl (C=O) groups excluding carboxylic acids is 1. The van der Waals surface area contributed by atoms with Gasteiger partial charge in [0.2, 0.25) is 0 Å². The van der Waals surface area contributed by atoms with Crippen LogP contribution in [0.15, 0.2) is 64.4 Å². The molecule has 3 N–H and O–H groups in total. The Morgan fingerprint density at radius 3 is 2.32 bits per heavy atom. The van der Waals surface area contributed by atoms with Gasteiger partial charge >= 0.3 is 5.97 Å². The largest absolute Gasteiger partial charge is 0.462 e. The van der Waals surface area contributed by atoms with Gasteiger partial charge in [0, 0.05) is 51.7 Å². The molecule has 346 valence electrons. The minimum absolute atomic E-state index is 0.00545. The first-order valence-electron chi connectivity index (χ1n) is 22.4. The molecule has 0 radical (unpaired) electrons. The summed E-state index contributed by atoms with van der Waals surface area (Å²) in [6.07, 6.45) is 8.39. The van der Waals surface area contributed by atoms with Crippen LogP contribution in [0, 0.1) is 23.7 Å². The number of esters is 1. The molecule has 0 saturated carbocycles. The average molecular weight is 872 g/mol. The molecule has 0 aromatic heterocycles. The Morgan fingerprint density at radius 2 is 1.61 bits per heavy atom. The van der Waals surface area contributed by atoms with Gasteiger partial charge in [0.05, 0.1) is 49.3 Å². The number of aliphatic hydroxyl groups is 2. The molecular weight excluding hydrogens is 803 g/mol. The Bertz CT molecular complexity index is 1790. The van der Waals surface area contributed by atoms with Crippen molar-refractivity contribution in [3.05, 3.63) is 59.3 Å². The molecule has 6 heterocycles. The minimum Gasteiger partial charge on any atom is -0.462 e. The van der Waals surface area contributed by atoms with E-state index in [2.05, 4.69) is 45.0 Å². The van der Waals surface area contributed by atoms with Crippen molar-refractivity contribution >= 4 is 11.7 Å². The standard InChI is InChI=1S/C47H69NO14/c1-24(2)41-27(5)16-17-46(62-41)22-33-19-32(61-46)15-14-26(4)42(59-38-21-36(54-10)43(30(8)57-38)60-37-20-35(53-9)40(49)29(7)56-37)25(3)12-11-13-31-23-55-44-39(48-52)28(6)18-34(45(50)58-33)47(31,44)51/h11-14,16-18,24-25,27,29-30,32-38,40-44,49,51-52H,15,19-23H2,1-10H3/b12-11+,26-14+,31-13+,48-39+. The lowest BCUT2D eigenvalue weighted by Crippen LogP contribution is -2.57. The Balaban J connectivity index is 1.19. The van der Waals surface area contributed by atoms with Crippen LogP contribution >= 0.6 is 0 Å². The number of nitrogens with zero attached hydrogens (tertiary/aromatic N) is 1. The van der Waals surface area contributed by atoms with Gasteiger partial charge < -0.3 is 62.8 Å². The molecule has 0 aromatic carbocycles. The second kappa shape index (κ2) is 19.4. The van der Waals surface area contributed by atoms with Crippen LogP contribution in [0.4, 0.5) is 0 Å². The third-order valence-electron chi connectivity index (χ3n) is 13.9. The normalized spacial score (nSPS) is 48.2. The van der Waals surface area contributed by atoms with Crippen molar-refractivity contribution in [1.29, 1.82) is 0 Å². The maximum atomic E-state index is 14.4. The number of fused-ring (bicyclic) bond motifs is 2. The summed E-state index contributed by atoms with van der Waals surface area (Å²) < 4.78 is 63.5. The van der Waals surface area contributed by atoms with Crippen molar-refractivity contribution in [3.8, 4) is 0 Å². The smallest absolute Gasteiger partial charge is 0.316 e. The van der Waals surface area contributed by atoms with Crippen LogP contribution in [0.5, 0.6) is 0 Å². The molecule has 7 rings (SSSR count). The molecule has 18 atom stereocenters. The summed E-state index contributed by atoms with van der Waals surface area (Å²) in [5.41, 5.74) is 0.195. The lowest BCUT2D eigenvalue weighted by molar-refractivity contribution is -0.318. The number of hydrogen-bond donors (Lipinski definition) is 3. The van der Waals surface area contributed by atoms with Crippen LogP contribution in [-0.4, -0.2) is 139 Å². The lowest BCUT2D eigenvalue weighted by Gasteiger charge is -2.48. The molecule has 0 aromatic rings. The second-order valence-corrected chi connectivity index (χ2v) is 18.8. The number of ether oxygens (including phenoxy) is 10. The molecule has 4 saturated heterocycles. The molecule has 0 amide bonds. The fraction of sp³-hybridized carbons (Fsp3) is 0.745. The summed E-state index contributed by atoms with van der Waals surface area (Å²) in [6.45, 7) is 15.9. The molecule has 18 unspecified atom stereocenters. The Hall–Kier alpha value is -2.80. The van der Waals surface area contributed by atoms with Gasteiger partial charge in [-0.1, -0.05) is 69.3 Å². The van der Waals surface area contributed by atoms with Crippen molar-refractivity contribution < 1.29 is 67.6 Å².